The van der Waals surface area contributed by atoms with Crippen LogP contribution in [-0.2, 0) is 11.2 Å². The number of carbonyl (C=O) groups excluding carboxylic acids is 2. The van der Waals surface area contributed by atoms with Crippen LogP contribution in [0, 0.1) is 0 Å². The number of aryl methyl sites for hydroxylation is 1. The molecule has 3 rings (SSSR count). The summed E-state index contributed by atoms with van der Waals surface area (Å²) >= 11 is 3.33. The van der Waals surface area contributed by atoms with Gasteiger partial charge >= 0.3 is 5.97 Å². The van der Waals surface area contributed by atoms with Gasteiger partial charge in [-0.2, -0.15) is 5.10 Å². The Kier molecular flexibility index (Phi) is 7.95. The molecule has 0 unspecified atom stereocenters. The molecule has 0 aliphatic carbocycles. The van der Waals surface area contributed by atoms with Crippen LogP contribution < -0.4 is 14.9 Å². The Morgan fingerprint density at radius 3 is 2.32 bits per heavy atom. The highest BCUT2D eigenvalue weighted by atomic mass is 79.9. The van der Waals surface area contributed by atoms with Gasteiger partial charge in [-0.1, -0.05) is 31.2 Å². The summed E-state index contributed by atoms with van der Waals surface area (Å²) in [5.41, 5.74) is 4.79. The molecule has 3 aromatic rings. The molecule has 1 N–H and O–H groups in total. The van der Waals surface area contributed by atoms with Gasteiger partial charge in [-0.25, -0.2) is 10.2 Å². The molecule has 0 aromatic heterocycles. The van der Waals surface area contributed by atoms with E-state index in [-0.39, 0.29) is 12.5 Å². The number of nitrogens with zero attached hydrogens (tertiary/aromatic N) is 1. The van der Waals surface area contributed by atoms with Crippen LogP contribution in [0.2, 0.25) is 0 Å². The van der Waals surface area contributed by atoms with Crippen molar-refractivity contribution < 1.29 is 19.1 Å². The van der Waals surface area contributed by atoms with Crippen molar-refractivity contribution in [2.75, 3.05) is 6.61 Å². The zero-order valence-electron chi connectivity index (χ0n) is 16.9. The van der Waals surface area contributed by atoms with Crippen LogP contribution in [-0.4, -0.2) is 24.7 Å². The molecule has 158 valence electrons. The molecule has 0 atom stereocenters. The first kappa shape index (κ1) is 22.2. The maximum atomic E-state index is 12.2. The zero-order valence-corrected chi connectivity index (χ0v) is 18.5. The predicted molar refractivity (Wildman–Crippen MR) is 123 cm³/mol. The Morgan fingerprint density at radius 1 is 0.968 bits per heavy atom. The number of amides is 1. The van der Waals surface area contributed by atoms with Gasteiger partial charge < -0.3 is 9.47 Å². The third-order valence-electron chi connectivity index (χ3n) is 4.29. The molecule has 0 radical (unpaired) electrons. The van der Waals surface area contributed by atoms with Crippen molar-refractivity contribution in [2.24, 2.45) is 5.10 Å². The van der Waals surface area contributed by atoms with Crippen LogP contribution in [0.25, 0.3) is 0 Å². The van der Waals surface area contributed by atoms with E-state index in [1.165, 1.54) is 11.8 Å². The molecule has 0 bridgehead atoms. The molecule has 31 heavy (non-hydrogen) atoms. The van der Waals surface area contributed by atoms with Crippen molar-refractivity contribution in [3.8, 4) is 11.5 Å². The Bertz CT molecular complexity index is 1060. The van der Waals surface area contributed by atoms with Crippen molar-refractivity contribution in [3.05, 3.63) is 94.0 Å². The molecule has 1 amide bonds. The van der Waals surface area contributed by atoms with Crippen molar-refractivity contribution >= 4 is 34.0 Å². The van der Waals surface area contributed by atoms with E-state index < -0.39 is 5.97 Å². The highest BCUT2D eigenvalue weighted by Gasteiger charge is 2.11. The first-order valence-corrected chi connectivity index (χ1v) is 10.4. The Morgan fingerprint density at radius 2 is 1.65 bits per heavy atom. The van der Waals surface area contributed by atoms with Crippen LogP contribution in [0.1, 0.15) is 28.4 Å². The van der Waals surface area contributed by atoms with Crippen LogP contribution in [0.3, 0.4) is 0 Å². The molecular formula is C24H21BrN2O4. The van der Waals surface area contributed by atoms with Gasteiger partial charge in [0.2, 0.25) is 0 Å². The van der Waals surface area contributed by atoms with E-state index in [1.807, 2.05) is 30.3 Å². The fourth-order valence-electron chi connectivity index (χ4n) is 2.59. The predicted octanol–water partition coefficient (Wildman–Crippen LogP) is 4.76. The summed E-state index contributed by atoms with van der Waals surface area (Å²) in [4.78, 5) is 24.1. The molecule has 0 aliphatic rings. The minimum absolute atomic E-state index is 0.132. The number of nitrogens with one attached hydrogen (secondary N) is 1. The number of halogens is 1. The molecule has 3 aromatic carbocycles. The molecule has 0 heterocycles. The smallest absolute Gasteiger partial charge is 0.344 e. The number of hydrazone groups is 1. The minimum Gasteiger partial charge on any atom is -0.484 e. The van der Waals surface area contributed by atoms with Gasteiger partial charge in [0.15, 0.2) is 6.61 Å². The third-order valence-corrected chi connectivity index (χ3v) is 4.98. The van der Waals surface area contributed by atoms with E-state index >= 15 is 0 Å². The Balaban J connectivity index is 1.46. The second-order valence-corrected chi connectivity index (χ2v) is 7.37. The number of rotatable bonds is 8. The second kappa shape index (κ2) is 11.1. The normalized spacial score (nSPS) is 10.6. The van der Waals surface area contributed by atoms with Crippen LogP contribution in [0.4, 0.5) is 0 Å². The quantitative estimate of drug-likeness (QED) is 0.218. The molecule has 0 saturated carbocycles. The van der Waals surface area contributed by atoms with Gasteiger partial charge in [0, 0.05) is 4.47 Å². The summed E-state index contributed by atoms with van der Waals surface area (Å²) in [5, 5.41) is 3.91. The average molecular weight is 481 g/mol. The topological polar surface area (TPSA) is 77.0 Å². The standard InChI is InChI=1S/C24H21BrN2O4/c1-2-17-7-11-19(12-8-17)30-16-23(28)27-26-15-18-9-13-20(14-10-18)31-24(29)21-5-3-4-6-22(21)25/h3-15H,2,16H2,1H3,(H,27,28)/b26-15+. The first-order chi connectivity index (χ1) is 15.0. The summed E-state index contributed by atoms with van der Waals surface area (Å²) in [6.07, 6.45) is 2.44. The summed E-state index contributed by atoms with van der Waals surface area (Å²) in [5.74, 6) is 0.216. The number of esters is 1. The summed E-state index contributed by atoms with van der Waals surface area (Å²) in [6, 6.07) is 21.4. The summed E-state index contributed by atoms with van der Waals surface area (Å²) in [7, 11) is 0. The monoisotopic (exact) mass is 480 g/mol. The van der Waals surface area contributed by atoms with Crippen molar-refractivity contribution in [2.45, 2.75) is 13.3 Å². The van der Waals surface area contributed by atoms with Gasteiger partial charge in [0.1, 0.15) is 11.5 Å². The number of ether oxygens (including phenoxy) is 2. The van der Waals surface area contributed by atoms with Crippen molar-refractivity contribution in [1.82, 2.24) is 5.43 Å². The highest BCUT2D eigenvalue weighted by Crippen LogP contribution is 2.19. The van der Waals surface area contributed by atoms with Crippen LogP contribution in [0.15, 0.2) is 82.4 Å². The van der Waals surface area contributed by atoms with Crippen molar-refractivity contribution in [1.29, 1.82) is 0 Å². The van der Waals surface area contributed by atoms with Gasteiger partial charge in [-0.05, 0) is 82.0 Å². The van der Waals surface area contributed by atoms with E-state index in [2.05, 4.69) is 33.4 Å². The van der Waals surface area contributed by atoms with E-state index in [1.54, 1.807) is 42.5 Å². The summed E-state index contributed by atoms with van der Waals surface area (Å²) in [6.45, 7) is 1.94. The SMILES string of the molecule is CCc1ccc(OCC(=O)N/N=C/c2ccc(OC(=O)c3ccccc3Br)cc2)cc1. The molecule has 0 spiro atoms. The third kappa shape index (κ3) is 6.79. The number of hydrogen-bond donors (Lipinski definition) is 1. The lowest BCUT2D eigenvalue weighted by molar-refractivity contribution is -0.123. The van der Waals surface area contributed by atoms with Gasteiger partial charge in [0.05, 0.1) is 11.8 Å². The van der Waals surface area contributed by atoms with Gasteiger partial charge in [0.25, 0.3) is 5.91 Å². The lowest BCUT2D eigenvalue weighted by Gasteiger charge is -2.06. The molecule has 0 fully saturated rings. The number of carbonyl (C=O) groups is 2. The van der Waals surface area contributed by atoms with Crippen LogP contribution in [0.5, 0.6) is 11.5 Å². The van der Waals surface area contributed by atoms with Crippen LogP contribution >= 0.6 is 15.9 Å². The Labute approximate surface area is 189 Å². The zero-order chi connectivity index (χ0) is 22.1. The van der Waals surface area contributed by atoms with E-state index in [0.29, 0.717) is 21.5 Å². The maximum Gasteiger partial charge on any atom is 0.344 e. The van der Waals surface area contributed by atoms with Gasteiger partial charge in [-0.3, -0.25) is 4.79 Å². The maximum absolute atomic E-state index is 12.2. The second-order valence-electron chi connectivity index (χ2n) is 6.52. The lowest BCUT2D eigenvalue weighted by Crippen LogP contribution is -2.24. The largest absolute Gasteiger partial charge is 0.484 e. The molecule has 0 aliphatic heterocycles. The van der Waals surface area contributed by atoms with Crippen molar-refractivity contribution in [3.63, 3.8) is 0 Å². The fourth-order valence-corrected chi connectivity index (χ4v) is 3.04. The molecule has 6 nitrogen and oxygen atoms in total. The van der Waals surface area contributed by atoms with E-state index in [0.717, 1.165) is 12.0 Å². The minimum atomic E-state index is -0.453. The number of benzene rings is 3. The number of hydrogen-bond acceptors (Lipinski definition) is 5. The Hall–Kier alpha value is -3.45. The lowest BCUT2D eigenvalue weighted by atomic mass is 10.2. The van der Waals surface area contributed by atoms with E-state index in [4.69, 9.17) is 9.47 Å². The molecular weight excluding hydrogens is 460 g/mol. The fraction of sp³-hybridized carbons (Fsp3) is 0.125. The van der Waals surface area contributed by atoms with Gasteiger partial charge in [-0.15, -0.1) is 0 Å². The average Bonchev–Trinajstić information content (AvgIpc) is 2.79. The van der Waals surface area contributed by atoms with E-state index in [9.17, 15) is 9.59 Å². The first-order valence-electron chi connectivity index (χ1n) is 9.65. The highest BCUT2D eigenvalue weighted by molar-refractivity contribution is 9.10. The molecule has 0 saturated heterocycles. The molecule has 7 heteroatoms. The summed E-state index contributed by atoms with van der Waals surface area (Å²) < 4.78 is 11.5.